The Bertz CT molecular complexity index is 621. The van der Waals surface area contributed by atoms with Crippen molar-refractivity contribution >= 4 is 27.5 Å². The van der Waals surface area contributed by atoms with Crippen molar-refractivity contribution in [2.75, 3.05) is 0 Å². The van der Waals surface area contributed by atoms with E-state index in [-0.39, 0.29) is 21.2 Å². The zero-order valence-electron chi connectivity index (χ0n) is 9.84. The molecule has 0 aromatic carbocycles. The first-order valence-corrected chi connectivity index (χ1v) is 6.46. The highest BCUT2D eigenvalue weighted by Gasteiger charge is 2.11. The van der Waals surface area contributed by atoms with Crippen LogP contribution in [0.4, 0.5) is 0 Å². The summed E-state index contributed by atoms with van der Waals surface area (Å²) in [4.78, 5) is 20.0. The molecule has 0 bridgehead atoms. The van der Waals surface area contributed by atoms with Crippen molar-refractivity contribution < 1.29 is 0 Å². The maximum absolute atomic E-state index is 11.9. The summed E-state index contributed by atoms with van der Waals surface area (Å²) in [6, 6.07) is 0.182. The second kappa shape index (κ2) is 5.19. The molecular formula is C10H11BrClN5O. The fraction of sp³-hybridized carbons (Fsp3) is 0.400. The van der Waals surface area contributed by atoms with Crippen molar-refractivity contribution in [2.24, 2.45) is 0 Å². The fourth-order valence-electron chi connectivity index (χ4n) is 1.53. The van der Waals surface area contributed by atoms with E-state index in [1.54, 1.807) is 4.68 Å². The van der Waals surface area contributed by atoms with Crippen LogP contribution in [0.5, 0.6) is 0 Å². The van der Waals surface area contributed by atoms with Crippen molar-refractivity contribution in [1.82, 2.24) is 24.3 Å². The zero-order chi connectivity index (χ0) is 13.3. The number of nitrogens with zero attached hydrogens (tertiary/aromatic N) is 5. The molecule has 0 aliphatic heterocycles. The van der Waals surface area contributed by atoms with Gasteiger partial charge in [0.2, 0.25) is 0 Å². The van der Waals surface area contributed by atoms with Gasteiger partial charge in [-0.15, -0.1) is 0 Å². The van der Waals surface area contributed by atoms with Gasteiger partial charge in [-0.05, 0) is 29.8 Å². The van der Waals surface area contributed by atoms with Gasteiger partial charge in [0.15, 0.2) is 5.15 Å². The average molecular weight is 333 g/mol. The normalized spacial score (nSPS) is 11.2. The van der Waals surface area contributed by atoms with E-state index in [1.165, 1.54) is 17.2 Å². The highest BCUT2D eigenvalue weighted by atomic mass is 79.9. The van der Waals surface area contributed by atoms with Crippen LogP contribution < -0.4 is 5.56 Å². The van der Waals surface area contributed by atoms with Crippen LogP contribution in [0.25, 0.3) is 0 Å². The topological polar surface area (TPSA) is 65.6 Å². The molecule has 2 rings (SSSR count). The minimum atomic E-state index is -0.242. The van der Waals surface area contributed by atoms with Gasteiger partial charge in [0.1, 0.15) is 16.6 Å². The number of hydrogen-bond acceptors (Lipinski definition) is 4. The van der Waals surface area contributed by atoms with Crippen molar-refractivity contribution in [3.05, 3.63) is 38.5 Å². The first-order valence-electron chi connectivity index (χ1n) is 5.29. The van der Waals surface area contributed by atoms with Gasteiger partial charge in [-0.3, -0.25) is 9.36 Å². The lowest BCUT2D eigenvalue weighted by Gasteiger charge is -2.10. The lowest BCUT2D eigenvalue weighted by atomic mass is 10.4. The van der Waals surface area contributed by atoms with Gasteiger partial charge in [-0.2, -0.15) is 5.10 Å². The molecule has 0 saturated carbocycles. The average Bonchev–Trinajstić information content (AvgIpc) is 2.78. The molecule has 0 N–H and O–H groups in total. The summed E-state index contributed by atoms with van der Waals surface area (Å²) >= 11 is 8.86. The second-order valence-electron chi connectivity index (χ2n) is 4.00. The Hall–Kier alpha value is -1.21. The molecule has 0 unspecified atom stereocenters. The summed E-state index contributed by atoms with van der Waals surface area (Å²) in [5, 5.41) is 4.27. The monoisotopic (exact) mass is 331 g/mol. The van der Waals surface area contributed by atoms with E-state index in [1.807, 2.05) is 13.8 Å². The van der Waals surface area contributed by atoms with Crippen LogP contribution >= 0.6 is 27.5 Å². The number of hydrogen-bond donors (Lipinski definition) is 0. The Morgan fingerprint density at radius 1 is 1.44 bits per heavy atom. The molecular weight excluding hydrogens is 322 g/mol. The Morgan fingerprint density at radius 3 is 2.83 bits per heavy atom. The summed E-state index contributed by atoms with van der Waals surface area (Å²) in [5.74, 6) is 0.697. The van der Waals surface area contributed by atoms with Crippen molar-refractivity contribution in [3.63, 3.8) is 0 Å². The Kier molecular flexibility index (Phi) is 3.82. The second-order valence-corrected chi connectivity index (χ2v) is 5.15. The van der Waals surface area contributed by atoms with E-state index in [9.17, 15) is 4.79 Å². The Labute approximate surface area is 117 Å². The predicted molar refractivity (Wildman–Crippen MR) is 70.7 cm³/mol. The summed E-state index contributed by atoms with van der Waals surface area (Å²) in [7, 11) is 0. The first kappa shape index (κ1) is 13.2. The van der Waals surface area contributed by atoms with Crippen LogP contribution in [0.3, 0.4) is 0 Å². The van der Waals surface area contributed by atoms with E-state index in [4.69, 9.17) is 11.6 Å². The lowest BCUT2D eigenvalue weighted by molar-refractivity contribution is 0.492. The van der Waals surface area contributed by atoms with Crippen LogP contribution in [0.2, 0.25) is 5.15 Å². The van der Waals surface area contributed by atoms with Crippen molar-refractivity contribution in [1.29, 1.82) is 0 Å². The van der Waals surface area contributed by atoms with E-state index >= 15 is 0 Å². The van der Waals surface area contributed by atoms with E-state index in [2.05, 4.69) is 31.0 Å². The third-order valence-electron chi connectivity index (χ3n) is 2.39. The minimum absolute atomic E-state index is 0.154. The number of rotatable bonds is 3. The molecule has 0 atom stereocenters. The highest BCUT2D eigenvalue weighted by Crippen LogP contribution is 2.14. The van der Waals surface area contributed by atoms with Crippen molar-refractivity contribution in [3.8, 4) is 0 Å². The van der Waals surface area contributed by atoms with Crippen LogP contribution in [0.1, 0.15) is 25.7 Å². The molecule has 2 aromatic rings. The van der Waals surface area contributed by atoms with Crippen LogP contribution in [-0.4, -0.2) is 24.3 Å². The SMILES string of the molecule is CC(C)n1ncnc1Cn1cnc(Cl)c(Br)c1=O. The van der Waals surface area contributed by atoms with Gasteiger partial charge in [0.25, 0.3) is 5.56 Å². The molecule has 2 heterocycles. The van der Waals surface area contributed by atoms with Gasteiger partial charge in [-0.25, -0.2) is 14.6 Å². The van der Waals surface area contributed by atoms with Gasteiger partial charge < -0.3 is 0 Å². The van der Waals surface area contributed by atoms with Crippen LogP contribution in [-0.2, 0) is 6.54 Å². The van der Waals surface area contributed by atoms with E-state index in [0.717, 1.165) is 0 Å². The number of aromatic nitrogens is 5. The summed E-state index contributed by atoms with van der Waals surface area (Å²) in [6.45, 7) is 4.30. The molecule has 0 spiro atoms. The molecule has 0 saturated heterocycles. The highest BCUT2D eigenvalue weighted by molar-refractivity contribution is 9.10. The standard InChI is InChI=1S/C10H11BrClN5O/c1-6(2)17-7(13-4-15-17)3-16-5-14-9(12)8(11)10(16)18/h4-6H,3H2,1-2H3. The van der Waals surface area contributed by atoms with E-state index in [0.29, 0.717) is 12.4 Å². The molecule has 0 aliphatic rings. The molecule has 2 aromatic heterocycles. The maximum Gasteiger partial charge on any atom is 0.269 e. The molecule has 0 radical (unpaired) electrons. The molecule has 6 nitrogen and oxygen atoms in total. The van der Waals surface area contributed by atoms with Gasteiger partial charge in [-0.1, -0.05) is 11.6 Å². The molecule has 0 aliphatic carbocycles. The van der Waals surface area contributed by atoms with Gasteiger partial charge in [0.05, 0.1) is 12.9 Å². The Balaban J connectivity index is 2.38. The molecule has 0 amide bonds. The first-order chi connectivity index (χ1) is 8.50. The lowest BCUT2D eigenvalue weighted by Crippen LogP contribution is -2.24. The van der Waals surface area contributed by atoms with Gasteiger partial charge >= 0.3 is 0 Å². The maximum atomic E-state index is 11.9. The summed E-state index contributed by atoms with van der Waals surface area (Å²) in [5.41, 5.74) is -0.242. The predicted octanol–water partition coefficient (Wildman–Crippen LogP) is 1.88. The van der Waals surface area contributed by atoms with Crippen LogP contribution in [0.15, 0.2) is 21.9 Å². The molecule has 96 valence electrons. The minimum Gasteiger partial charge on any atom is -0.290 e. The largest absolute Gasteiger partial charge is 0.290 e. The molecule has 8 heteroatoms. The smallest absolute Gasteiger partial charge is 0.269 e. The van der Waals surface area contributed by atoms with Gasteiger partial charge in [0, 0.05) is 6.04 Å². The van der Waals surface area contributed by atoms with Crippen LogP contribution in [0, 0.1) is 0 Å². The third kappa shape index (κ3) is 2.46. The number of halogens is 2. The molecule has 18 heavy (non-hydrogen) atoms. The fourth-order valence-corrected chi connectivity index (χ4v) is 1.98. The molecule has 0 fully saturated rings. The quantitative estimate of drug-likeness (QED) is 0.805. The van der Waals surface area contributed by atoms with E-state index < -0.39 is 0 Å². The van der Waals surface area contributed by atoms with Crippen molar-refractivity contribution in [2.45, 2.75) is 26.4 Å². The Morgan fingerprint density at radius 2 is 2.17 bits per heavy atom. The third-order valence-corrected chi connectivity index (χ3v) is 3.62. The summed E-state index contributed by atoms with van der Waals surface area (Å²) in [6.07, 6.45) is 2.87. The zero-order valence-corrected chi connectivity index (χ0v) is 12.2. The summed E-state index contributed by atoms with van der Waals surface area (Å²) < 4.78 is 3.44.